The van der Waals surface area contributed by atoms with Crippen LogP contribution in [-0.4, -0.2) is 19.2 Å². The molecule has 0 aliphatic heterocycles. The van der Waals surface area contributed by atoms with Crippen molar-refractivity contribution in [2.24, 2.45) is 0 Å². The summed E-state index contributed by atoms with van der Waals surface area (Å²) in [5.74, 6) is 3.80. The van der Waals surface area contributed by atoms with Crippen molar-refractivity contribution in [1.82, 2.24) is 4.98 Å². The second kappa shape index (κ2) is 9.40. The molecule has 1 heterocycles. The van der Waals surface area contributed by atoms with Crippen LogP contribution in [0.15, 0.2) is 10.7 Å². The Bertz CT molecular complexity index is 522. The van der Waals surface area contributed by atoms with E-state index >= 15 is 0 Å². The average molecular weight is 321 g/mol. The molecule has 0 saturated carbocycles. The second-order valence-corrected chi connectivity index (χ2v) is 11.8. The molecule has 22 heavy (non-hydrogen) atoms. The molecule has 0 fully saturated rings. The zero-order chi connectivity index (χ0) is 17.3. The Labute approximate surface area is 134 Å². The van der Waals surface area contributed by atoms with Crippen LogP contribution in [-0.2, 0) is 16.0 Å². The topological polar surface area (TPSA) is 60.2 Å². The van der Waals surface area contributed by atoms with Gasteiger partial charge < -0.3 is 4.42 Å². The van der Waals surface area contributed by atoms with Gasteiger partial charge in [0.05, 0.1) is 5.69 Å². The largest absolute Gasteiger partial charge is 0.438 e. The number of nitrogens with zero attached hydrogens (tertiary/aromatic N) is 1. The Morgan fingerprint density at radius 1 is 1.09 bits per heavy atom. The Morgan fingerprint density at radius 2 is 1.55 bits per heavy atom. The molecule has 1 aromatic heterocycles. The molecule has 0 unspecified atom stereocenters. The lowest BCUT2D eigenvalue weighted by Crippen LogP contribution is -2.43. The minimum absolute atomic E-state index is 0.250. The molecule has 4 nitrogen and oxygen atoms in total. The number of hydrogen-bond donors (Lipinski definition) is 0. The molecule has 0 aliphatic carbocycles. The predicted octanol–water partition coefficient (Wildman–Crippen LogP) is 4.22. The summed E-state index contributed by atoms with van der Waals surface area (Å²) in [6, 6.07) is 0. The van der Waals surface area contributed by atoms with Crippen LogP contribution in [0.3, 0.4) is 0 Å². The highest BCUT2D eigenvalue weighted by Gasteiger charge is 2.41. The fourth-order valence-electron chi connectivity index (χ4n) is 3.12. The molecule has 0 aliphatic rings. The number of carbonyl (C=O) groups excluding carboxylic acids is 2. The summed E-state index contributed by atoms with van der Waals surface area (Å²) < 4.78 is 5.43. The lowest BCUT2D eigenvalue weighted by atomic mass is 10.4. The summed E-state index contributed by atoms with van der Waals surface area (Å²) in [6.45, 7) is 16.0. The first-order valence-corrected chi connectivity index (χ1v) is 9.96. The van der Waals surface area contributed by atoms with Gasteiger partial charge in [0.25, 0.3) is 5.89 Å². The van der Waals surface area contributed by atoms with Crippen LogP contribution >= 0.6 is 0 Å². The van der Waals surface area contributed by atoms with Gasteiger partial charge in [-0.05, 0) is 29.0 Å². The lowest BCUT2D eigenvalue weighted by Gasteiger charge is -2.37. The SMILES string of the molecule is CCc1coc(C#C[Si](C(C)C)(C(C)C)C(C)C)n1.O=C=O. The standard InChI is InChI=1S/C16H27NOSi.CO2/c1-8-15-11-18-16(17-15)9-10-19(12(2)3,13(4)5)14(6)7;2-1-3/h11-14H,8H2,1-7H3;. The van der Waals surface area contributed by atoms with Crippen molar-refractivity contribution in [3.05, 3.63) is 17.8 Å². The molecule has 0 radical (unpaired) electrons. The van der Waals surface area contributed by atoms with Crippen molar-refractivity contribution in [1.29, 1.82) is 0 Å². The first-order valence-electron chi connectivity index (χ1n) is 7.72. The van der Waals surface area contributed by atoms with Crippen molar-refractivity contribution in [2.45, 2.75) is 71.5 Å². The maximum absolute atomic E-state index is 8.12. The Morgan fingerprint density at radius 3 is 1.86 bits per heavy atom. The highest BCUT2D eigenvalue weighted by molar-refractivity contribution is 6.90. The molecule has 1 aromatic rings. The van der Waals surface area contributed by atoms with E-state index in [1.807, 2.05) is 0 Å². The van der Waals surface area contributed by atoms with Gasteiger partial charge in [-0.2, -0.15) is 9.59 Å². The van der Waals surface area contributed by atoms with Crippen LogP contribution in [0.5, 0.6) is 0 Å². The minimum atomic E-state index is -1.67. The zero-order valence-corrected chi connectivity index (χ0v) is 15.7. The summed E-state index contributed by atoms with van der Waals surface area (Å²) in [4.78, 5) is 20.6. The van der Waals surface area contributed by atoms with Crippen molar-refractivity contribution < 1.29 is 14.0 Å². The van der Waals surface area contributed by atoms with Crippen LogP contribution < -0.4 is 0 Å². The van der Waals surface area contributed by atoms with E-state index < -0.39 is 8.07 Å². The first kappa shape index (κ1) is 20.4. The van der Waals surface area contributed by atoms with E-state index in [0.29, 0.717) is 22.5 Å². The number of hydrogen-bond acceptors (Lipinski definition) is 4. The van der Waals surface area contributed by atoms with Crippen molar-refractivity contribution in [2.75, 3.05) is 0 Å². The van der Waals surface area contributed by atoms with Crippen LogP contribution in [0.4, 0.5) is 0 Å². The quantitative estimate of drug-likeness (QED) is 0.615. The molecule has 0 aromatic carbocycles. The fraction of sp³-hybridized carbons (Fsp3) is 0.647. The molecule has 0 spiro atoms. The Balaban J connectivity index is 0.00000135. The molecule has 0 amide bonds. The fourth-order valence-corrected chi connectivity index (χ4v) is 8.31. The van der Waals surface area contributed by atoms with E-state index in [1.54, 1.807) is 6.26 Å². The molecule has 0 N–H and O–H groups in total. The van der Waals surface area contributed by atoms with Gasteiger partial charge in [0.15, 0.2) is 0 Å². The third kappa shape index (κ3) is 4.98. The average Bonchev–Trinajstić information content (AvgIpc) is 2.87. The van der Waals surface area contributed by atoms with Gasteiger partial charge in [0, 0.05) is 0 Å². The van der Waals surface area contributed by atoms with Gasteiger partial charge in [-0.15, -0.1) is 5.54 Å². The Kier molecular flexibility index (Phi) is 8.70. The van der Waals surface area contributed by atoms with Gasteiger partial charge in [0.2, 0.25) is 0 Å². The smallest absolute Gasteiger partial charge is 0.373 e. The third-order valence-corrected chi connectivity index (χ3v) is 10.5. The molecule has 5 heteroatoms. The summed E-state index contributed by atoms with van der Waals surface area (Å²) >= 11 is 0. The number of rotatable bonds is 4. The van der Waals surface area contributed by atoms with Gasteiger partial charge in [-0.3, -0.25) is 0 Å². The van der Waals surface area contributed by atoms with Gasteiger partial charge in [-0.25, -0.2) is 4.98 Å². The van der Waals surface area contributed by atoms with Gasteiger partial charge >= 0.3 is 6.15 Å². The molecule has 0 bridgehead atoms. The van der Waals surface area contributed by atoms with Gasteiger partial charge in [-0.1, -0.05) is 48.5 Å². The van der Waals surface area contributed by atoms with Crippen molar-refractivity contribution >= 4 is 14.2 Å². The molecule has 0 atom stereocenters. The normalized spacial score (nSPS) is 10.8. The van der Waals surface area contributed by atoms with Crippen LogP contribution in [0, 0.1) is 11.5 Å². The summed E-state index contributed by atoms with van der Waals surface area (Å²) in [7, 11) is -1.67. The van der Waals surface area contributed by atoms with Crippen molar-refractivity contribution in [3.8, 4) is 11.5 Å². The molecule has 122 valence electrons. The maximum Gasteiger partial charge on any atom is 0.373 e. The van der Waals surface area contributed by atoms with E-state index in [4.69, 9.17) is 14.0 Å². The summed E-state index contributed by atoms with van der Waals surface area (Å²) in [5, 5.41) is 0. The van der Waals surface area contributed by atoms with E-state index in [-0.39, 0.29) is 6.15 Å². The van der Waals surface area contributed by atoms with E-state index in [1.165, 1.54) is 0 Å². The summed E-state index contributed by atoms with van der Waals surface area (Å²) in [5.41, 5.74) is 6.52. The zero-order valence-electron chi connectivity index (χ0n) is 14.7. The number of aromatic nitrogens is 1. The summed E-state index contributed by atoms with van der Waals surface area (Å²) in [6.07, 6.45) is 2.86. The molecule has 1 rings (SSSR count). The maximum atomic E-state index is 8.12. The van der Waals surface area contributed by atoms with Crippen molar-refractivity contribution in [3.63, 3.8) is 0 Å². The van der Waals surface area contributed by atoms with Crippen LogP contribution in [0.1, 0.15) is 60.1 Å². The number of aryl methyl sites for hydroxylation is 1. The number of oxazole rings is 1. The van der Waals surface area contributed by atoms with E-state index in [2.05, 4.69) is 64.9 Å². The minimum Gasteiger partial charge on any atom is -0.438 e. The molecular weight excluding hydrogens is 294 g/mol. The second-order valence-electron chi connectivity index (χ2n) is 6.23. The highest BCUT2D eigenvalue weighted by Crippen LogP contribution is 2.40. The van der Waals surface area contributed by atoms with E-state index in [9.17, 15) is 0 Å². The Hall–Kier alpha value is -1.63. The third-order valence-electron chi connectivity index (χ3n) is 4.17. The first-order chi connectivity index (χ1) is 10.3. The van der Waals surface area contributed by atoms with Crippen LogP contribution in [0.2, 0.25) is 16.6 Å². The van der Waals surface area contributed by atoms with Crippen LogP contribution in [0.25, 0.3) is 0 Å². The van der Waals surface area contributed by atoms with E-state index in [0.717, 1.165) is 12.1 Å². The molecular formula is C17H27NO3Si. The monoisotopic (exact) mass is 321 g/mol. The predicted molar refractivity (Wildman–Crippen MR) is 88.8 cm³/mol. The highest BCUT2D eigenvalue weighted by atomic mass is 28.3. The lowest BCUT2D eigenvalue weighted by molar-refractivity contribution is -0.191. The van der Waals surface area contributed by atoms with Gasteiger partial charge in [0.1, 0.15) is 14.3 Å². The molecule has 0 saturated heterocycles.